The van der Waals surface area contributed by atoms with E-state index < -0.39 is 5.97 Å². The van der Waals surface area contributed by atoms with Crippen molar-refractivity contribution < 1.29 is 19.4 Å². The number of anilines is 1. The lowest BCUT2D eigenvalue weighted by molar-refractivity contribution is -0.137. The number of nitrogens with zero attached hydrogens (tertiary/aromatic N) is 5. The van der Waals surface area contributed by atoms with Crippen LogP contribution in [0.15, 0.2) is 43.0 Å². The summed E-state index contributed by atoms with van der Waals surface area (Å²) in [6.07, 6.45) is 7.29. The maximum Gasteiger partial charge on any atom is 0.305 e. The molecule has 4 rings (SSSR count). The average molecular weight is 407 g/mol. The Morgan fingerprint density at radius 3 is 2.33 bits per heavy atom. The molecule has 1 atom stereocenters. The smallest absolute Gasteiger partial charge is 0.305 e. The Balaban J connectivity index is 1.70. The highest BCUT2D eigenvalue weighted by Gasteiger charge is 2.31. The molecule has 0 saturated carbocycles. The molecule has 154 valence electrons. The number of carbonyl (C=O) groups is 1. The van der Waals surface area contributed by atoms with Crippen LogP contribution < -0.4 is 14.4 Å². The fourth-order valence-electron chi connectivity index (χ4n) is 3.72. The standard InChI is InChI=1S/C21H21N5O4/c1-29-17-8-13-4-7-26(16(10-19(27)28)15(13)9-18(17)30-2)14-11-24-21(25-12-14)20-22-5-3-6-23-20/h3,5-6,8-9,11-12,16H,4,7,10H2,1-2H3,(H,27,28). The number of rotatable bonds is 6. The van der Waals surface area contributed by atoms with Crippen molar-refractivity contribution in [2.24, 2.45) is 0 Å². The van der Waals surface area contributed by atoms with Gasteiger partial charge in [-0.3, -0.25) is 4.79 Å². The first kappa shape index (κ1) is 19.6. The van der Waals surface area contributed by atoms with Gasteiger partial charge in [0.2, 0.25) is 0 Å². The summed E-state index contributed by atoms with van der Waals surface area (Å²) in [5, 5.41) is 9.55. The van der Waals surface area contributed by atoms with E-state index >= 15 is 0 Å². The van der Waals surface area contributed by atoms with Gasteiger partial charge in [-0.2, -0.15) is 0 Å². The molecule has 1 N–H and O–H groups in total. The third-order valence-electron chi connectivity index (χ3n) is 5.11. The summed E-state index contributed by atoms with van der Waals surface area (Å²) in [7, 11) is 3.15. The Hall–Kier alpha value is -3.75. The number of benzene rings is 1. The lowest BCUT2D eigenvalue weighted by Gasteiger charge is -2.38. The van der Waals surface area contributed by atoms with Gasteiger partial charge in [0.05, 0.1) is 44.8 Å². The molecule has 3 aromatic rings. The molecule has 30 heavy (non-hydrogen) atoms. The fraction of sp³-hybridized carbons (Fsp3) is 0.286. The highest BCUT2D eigenvalue weighted by Crippen LogP contribution is 2.41. The zero-order valence-electron chi connectivity index (χ0n) is 16.6. The van der Waals surface area contributed by atoms with Crippen molar-refractivity contribution in [2.75, 3.05) is 25.7 Å². The van der Waals surface area contributed by atoms with E-state index in [2.05, 4.69) is 19.9 Å². The van der Waals surface area contributed by atoms with E-state index in [-0.39, 0.29) is 12.5 Å². The molecule has 0 spiro atoms. The van der Waals surface area contributed by atoms with Crippen molar-refractivity contribution in [1.82, 2.24) is 19.9 Å². The molecule has 0 amide bonds. The number of carboxylic acids is 1. The Morgan fingerprint density at radius 2 is 1.70 bits per heavy atom. The monoisotopic (exact) mass is 407 g/mol. The van der Waals surface area contributed by atoms with E-state index in [1.807, 2.05) is 17.0 Å². The molecular weight excluding hydrogens is 386 g/mol. The molecule has 1 aliphatic rings. The minimum Gasteiger partial charge on any atom is -0.493 e. The minimum atomic E-state index is -0.886. The summed E-state index contributed by atoms with van der Waals surface area (Å²) in [6.45, 7) is 0.630. The fourth-order valence-corrected chi connectivity index (χ4v) is 3.72. The Labute approximate surface area is 173 Å². The largest absolute Gasteiger partial charge is 0.493 e. The van der Waals surface area contributed by atoms with E-state index in [9.17, 15) is 9.90 Å². The van der Waals surface area contributed by atoms with Crippen molar-refractivity contribution in [3.63, 3.8) is 0 Å². The zero-order chi connectivity index (χ0) is 21.1. The van der Waals surface area contributed by atoms with Crippen molar-refractivity contribution in [1.29, 1.82) is 0 Å². The van der Waals surface area contributed by atoms with Gasteiger partial charge in [0.25, 0.3) is 0 Å². The van der Waals surface area contributed by atoms with Crippen LogP contribution in [0.2, 0.25) is 0 Å². The summed E-state index contributed by atoms with van der Waals surface area (Å²) in [6, 6.07) is 5.13. The number of carboxylic acid groups (broad SMARTS) is 1. The summed E-state index contributed by atoms with van der Waals surface area (Å²) in [4.78, 5) is 30.7. The number of aliphatic carboxylic acids is 1. The van der Waals surface area contributed by atoms with E-state index in [1.54, 1.807) is 45.1 Å². The van der Waals surface area contributed by atoms with E-state index in [0.29, 0.717) is 29.7 Å². The normalized spacial score (nSPS) is 15.4. The summed E-state index contributed by atoms with van der Waals surface area (Å²) >= 11 is 0. The van der Waals surface area contributed by atoms with Gasteiger partial charge in [0.15, 0.2) is 23.1 Å². The molecule has 9 nitrogen and oxygen atoms in total. The second kappa shape index (κ2) is 8.32. The van der Waals surface area contributed by atoms with Gasteiger partial charge < -0.3 is 19.5 Å². The molecule has 0 aliphatic carbocycles. The van der Waals surface area contributed by atoms with Gasteiger partial charge in [0, 0.05) is 18.9 Å². The van der Waals surface area contributed by atoms with Gasteiger partial charge in [0.1, 0.15) is 0 Å². The van der Waals surface area contributed by atoms with Crippen LogP contribution in [0, 0.1) is 0 Å². The second-order valence-corrected chi connectivity index (χ2v) is 6.80. The van der Waals surface area contributed by atoms with Crippen LogP contribution in [-0.4, -0.2) is 51.8 Å². The summed E-state index contributed by atoms with van der Waals surface area (Å²) in [5.41, 5.74) is 2.68. The maximum absolute atomic E-state index is 11.6. The number of ether oxygens (including phenoxy) is 2. The van der Waals surface area contributed by atoms with E-state index in [0.717, 1.165) is 23.2 Å². The average Bonchev–Trinajstić information content (AvgIpc) is 2.79. The Morgan fingerprint density at radius 1 is 1.07 bits per heavy atom. The number of fused-ring (bicyclic) bond motifs is 1. The predicted octanol–water partition coefficient (Wildman–Crippen LogP) is 2.53. The molecule has 0 fully saturated rings. The third kappa shape index (κ3) is 3.73. The Kier molecular flexibility index (Phi) is 5.42. The summed E-state index contributed by atoms with van der Waals surface area (Å²) < 4.78 is 10.8. The number of aromatic nitrogens is 4. The SMILES string of the molecule is COc1cc2c(cc1OC)C(CC(=O)O)N(c1cnc(-c3ncccn3)nc1)CC2. The highest BCUT2D eigenvalue weighted by atomic mass is 16.5. The highest BCUT2D eigenvalue weighted by molar-refractivity contribution is 5.70. The first-order chi connectivity index (χ1) is 14.6. The van der Waals surface area contributed by atoms with Crippen LogP contribution >= 0.6 is 0 Å². The third-order valence-corrected chi connectivity index (χ3v) is 5.11. The van der Waals surface area contributed by atoms with Crippen LogP contribution in [-0.2, 0) is 11.2 Å². The van der Waals surface area contributed by atoms with Crippen LogP contribution in [0.3, 0.4) is 0 Å². The van der Waals surface area contributed by atoms with Crippen LogP contribution in [0.25, 0.3) is 11.6 Å². The zero-order valence-corrected chi connectivity index (χ0v) is 16.6. The first-order valence-electron chi connectivity index (χ1n) is 9.43. The van der Waals surface area contributed by atoms with Gasteiger partial charge in [-0.05, 0) is 35.7 Å². The van der Waals surface area contributed by atoms with E-state index in [4.69, 9.17) is 9.47 Å². The Bertz CT molecular complexity index is 1040. The van der Waals surface area contributed by atoms with Crippen molar-refractivity contribution >= 4 is 11.7 Å². The number of hydrogen-bond acceptors (Lipinski definition) is 8. The van der Waals surface area contributed by atoms with Gasteiger partial charge in [-0.25, -0.2) is 19.9 Å². The van der Waals surface area contributed by atoms with Crippen molar-refractivity contribution in [2.45, 2.75) is 18.9 Å². The van der Waals surface area contributed by atoms with Gasteiger partial charge in [-0.15, -0.1) is 0 Å². The van der Waals surface area contributed by atoms with Crippen LogP contribution in [0.1, 0.15) is 23.6 Å². The topological polar surface area (TPSA) is 111 Å². The molecule has 0 radical (unpaired) electrons. The number of hydrogen-bond donors (Lipinski definition) is 1. The molecule has 3 heterocycles. The number of methoxy groups -OCH3 is 2. The molecule has 0 saturated heterocycles. The maximum atomic E-state index is 11.6. The summed E-state index contributed by atoms with van der Waals surface area (Å²) in [5.74, 6) is 1.17. The molecule has 0 bridgehead atoms. The van der Waals surface area contributed by atoms with Crippen molar-refractivity contribution in [3.8, 4) is 23.1 Å². The van der Waals surface area contributed by atoms with Gasteiger partial charge >= 0.3 is 5.97 Å². The lowest BCUT2D eigenvalue weighted by atomic mass is 9.89. The molecule has 1 aliphatic heterocycles. The van der Waals surface area contributed by atoms with Crippen LogP contribution in [0.4, 0.5) is 5.69 Å². The molecule has 2 aromatic heterocycles. The van der Waals surface area contributed by atoms with Crippen LogP contribution in [0.5, 0.6) is 11.5 Å². The quantitative estimate of drug-likeness (QED) is 0.659. The molecule has 1 unspecified atom stereocenters. The second-order valence-electron chi connectivity index (χ2n) is 6.80. The molecular formula is C21H21N5O4. The lowest BCUT2D eigenvalue weighted by Crippen LogP contribution is -2.37. The molecule has 9 heteroatoms. The minimum absolute atomic E-state index is 0.0635. The van der Waals surface area contributed by atoms with Crippen molar-refractivity contribution in [3.05, 3.63) is 54.1 Å². The first-order valence-corrected chi connectivity index (χ1v) is 9.43. The predicted molar refractivity (Wildman–Crippen MR) is 109 cm³/mol. The molecule has 1 aromatic carbocycles. The van der Waals surface area contributed by atoms with Gasteiger partial charge in [-0.1, -0.05) is 0 Å². The van der Waals surface area contributed by atoms with E-state index in [1.165, 1.54) is 0 Å².